The number of hydrogen-bond donors (Lipinski definition) is 2. The fraction of sp³-hybridized carbons (Fsp3) is 0.278. The molecule has 2 aromatic carbocycles. The zero-order valence-corrected chi connectivity index (χ0v) is 15.6. The van der Waals surface area contributed by atoms with E-state index in [2.05, 4.69) is 10.6 Å². The molecule has 1 heterocycles. The number of amides is 2. The standard InChI is InChI=1S/C18H19F2N3O4S/c19-14-3-6-17(16(20)11-14)22-18(24)21-12-13-1-4-15(5-2-13)28(25,26)23-7-9-27-10-8-23/h1-6,11H,7-10,12H2,(H2,21,22,24). The van der Waals surface area contributed by atoms with Crippen LogP contribution in [0, 0.1) is 11.6 Å². The number of carbonyl (C=O) groups excluding carboxylic acids is 1. The first-order valence-electron chi connectivity index (χ1n) is 8.53. The number of urea groups is 1. The number of morpholine rings is 1. The molecule has 28 heavy (non-hydrogen) atoms. The molecule has 0 aliphatic carbocycles. The van der Waals surface area contributed by atoms with Gasteiger partial charge in [0.05, 0.1) is 23.8 Å². The monoisotopic (exact) mass is 411 g/mol. The lowest BCUT2D eigenvalue weighted by Gasteiger charge is -2.26. The van der Waals surface area contributed by atoms with E-state index in [1.165, 1.54) is 16.4 Å². The molecular weight excluding hydrogens is 392 g/mol. The fourth-order valence-corrected chi connectivity index (χ4v) is 4.06. The van der Waals surface area contributed by atoms with E-state index in [1.54, 1.807) is 12.1 Å². The molecule has 0 aromatic heterocycles. The summed E-state index contributed by atoms with van der Waals surface area (Å²) in [7, 11) is -3.58. The number of sulfonamides is 1. The third-order valence-electron chi connectivity index (χ3n) is 4.16. The van der Waals surface area contributed by atoms with Crippen molar-refractivity contribution in [3.05, 3.63) is 59.7 Å². The van der Waals surface area contributed by atoms with Crippen LogP contribution in [0.15, 0.2) is 47.4 Å². The molecule has 0 spiro atoms. The van der Waals surface area contributed by atoms with Crippen LogP contribution in [0.1, 0.15) is 5.56 Å². The Morgan fingerprint density at radius 2 is 1.75 bits per heavy atom. The van der Waals surface area contributed by atoms with Crippen molar-refractivity contribution in [1.82, 2.24) is 9.62 Å². The fourth-order valence-electron chi connectivity index (χ4n) is 2.66. The Hall–Kier alpha value is -2.56. The Morgan fingerprint density at radius 3 is 2.39 bits per heavy atom. The molecule has 1 saturated heterocycles. The summed E-state index contributed by atoms with van der Waals surface area (Å²) in [5.74, 6) is -1.62. The summed E-state index contributed by atoms with van der Waals surface area (Å²) in [5, 5.41) is 4.80. The van der Waals surface area contributed by atoms with Crippen LogP contribution >= 0.6 is 0 Å². The average molecular weight is 411 g/mol. The highest BCUT2D eigenvalue weighted by molar-refractivity contribution is 7.89. The second-order valence-electron chi connectivity index (χ2n) is 6.09. The quantitative estimate of drug-likeness (QED) is 0.791. The number of nitrogens with one attached hydrogen (secondary N) is 2. The highest BCUT2D eigenvalue weighted by Crippen LogP contribution is 2.18. The van der Waals surface area contributed by atoms with Crippen LogP contribution in [-0.2, 0) is 21.3 Å². The van der Waals surface area contributed by atoms with Crippen molar-refractivity contribution in [2.75, 3.05) is 31.6 Å². The van der Waals surface area contributed by atoms with Crippen LogP contribution in [0.2, 0.25) is 0 Å². The highest BCUT2D eigenvalue weighted by Gasteiger charge is 2.26. The van der Waals surface area contributed by atoms with E-state index in [-0.39, 0.29) is 17.1 Å². The zero-order chi connectivity index (χ0) is 20.1. The van der Waals surface area contributed by atoms with Crippen molar-refractivity contribution >= 4 is 21.7 Å². The Morgan fingerprint density at radius 1 is 1.07 bits per heavy atom. The molecule has 0 radical (unpaired) electrons. The van der Waals surface area contributed by atoms with Gasteiger partial charge < -0.3 is 15.4 Å². The molecule has 3 rings (SSSR count). The van der Waals surface area contributed by atoms with Gasteiger partial charge in [0, 0.05) is 25.7 Å². The number of anilines is 1. The largest absolute Gasteiger partial charge is 0.379 e. The van der Waals surface area contributed by atoms with Crippen LogP contribution < -0.4 is 10.6 Å². The second kappa shape index (κ2) is 8.63. The molecule has 2 amide bonds. The number of hydrogen-bond acceptors (Lipinski definition) is 4. The van der Waals surface area contributed by atoms with E-state index in [0.717, 1.165) is 12.1 Å². The Kier molecular flexibility index (Phi) is 6.22. The summed E-state index contributed by atoms with van der Waals surface area (Å²) in [6, 6.07) is 8.28. The van der Waals surface area contributed by atoms with Crippen LogP contribution in [0.4, 0.5) is 19.3 Å². The Balaban J connectivity index is 1.57. The summed E-state index contributed by atoms with van der Waals surface area (Å²) in [4.78, 5) is 12.0. The van der Waals surface area contributed by atoms with E-state index in [1.807, 2.05) is 0 Å². The second-order valence-corrected chi connectivity index (χ2v) is 8.03. The summed E-state index contributed by atoms with van der Waals surface area (Å²) < 4.78 is 58.0. The molecule has 1 aliphatic heterocycles. The minimum Gasteiger partial charge on any atom is -0.379 e. The molecule has 7 nitrogen and oxygen atoms in total. The number of nitrogens with zero attached hydrogens (tertiary/aromatic N) is 1. The first-order chi connectivity index (χ1) is 13.4. The Bertz CT molecular complexity index is 946. The lowest BCUT2D eigenvalue weighted by atomic mass is 10.2. The summed E-state index contributed by atoms with van der Waals surface area (Å²) in [6.45, 7) is 1.46. The first kappa shape index (κ1) is 20.2. The zero-order valence-electron chi connectivity index (χ0n) is 14.8. The van der Waals surface area contributed by atoms with E-state index in [9.17, 15) is 22.0 Å². The third kappa shape index (κ3) is 4.83. The van der Waals surface area contributed by atoms with Gasteiger partial charge in [-0.15, -0.1) is 0 Å². The molecule has 0 atom stereocenters. The number of rotatable bonds is 5. The van der Waals surface area contributed by atoms with Crippen LogP contribution in [0.25, 0.3) is 0 Å². The molecule has 0 unspecified atom stereocenters. The minimum absolute atomic E-state index is 0.104. The van der Waals surface area contributed by atoms with Crippen LogP contribution in [0.5, 0.6) is 0 Å². The molecular formula is C18H19F2N3O4S. The van der Waals surface area contributed by atoms with E-state index in [4.69, 9.17) is 4.74 Å². The maximum atomic E-state index is 13.5. The van der Waals surface area contributed by atoms with Crippen LogP contribution in [-0.4, -0.2) is 45.1 Å². The third-order valence-corrected chi connectivity index (χ3v) is 6.08. The lowest BCUT2D eigenvalue weighted by molar-refractivity contribution is 0.0730. The van der Waals surface area contributed by atoms with Gasteiger partial charge in [-0.1, -0.05) is 12.1 Å². The molecule has 2 aromatic rings. The van der Waals surface area contributed by atoms with Crippen LogP contribution in [0.3, 0.4) is 0 Å². The highest BCUT2D eigenvalue weighted by atomic mass is 32.2. The van der Waals surface area contributed by atoms with Gasteiger partial charge in [-0.25, -0.2) is 22.0 Å². The van der Waals surface area contributed by atoms with Crippen molar-refractivity contribution in [1.29, 1.82) is 0 Å². The van der Waals surface area contributed by atoms with Crippen molar-refractivity contribution in [3.8, 4) is 0 Å². The Labute approximate surface area is 161 Å². The summed E-state index contributed by atoms with van der Waals surface area (Å²) in [6.07, 6.45) is 0. The molecule has 1 aliphatic rings. The van der Waals surface area contributed by atoms with Gasteiger partial charge >= 0.3 is 6.03 Å². The van der Waals surface area contributed by atoms with E-state index in [0.29, 0.717) is 37.9 Å². The molecule has 1 fully saturated rings. The maximum absolute atomic E-state index is 13.5. The van der Waals surface area contributed by atoms with Crippen molar-refractivity contribution in [2.45, 2.75) is 11.4 Å². The van der Waals surface area contributed by atoms with Gasteiger partial charge in [0.2, 0.25) is 10.0 Å². The lowest BCUT2D eigenvalue weighted by Crippen LogP contribution is -2.40. The predicted octanol–water partition coefficient (Wildman–Crippen LogP) is 2.31. The first-order valence-corrected chi connectivity index (χ1v) is 9.97. The molecule has 0 bridgehead atoms. The smallest absolute Gasteiger partial charge is 0.319 e. The maximum Gasteiger partial charge on any atom is 0.319 e. The van der Waals surface area contributed by atoms with Crippen molar-refractivity contribution < 1.29 is 26.7 Å². The summed E-state index contributed by atoms with van der Waals surface area (Å²) >= 11 is 0. The van der Waals surface area contributed by atoms with Gasteiger partial charge in [0.1, 0.15) is 11.6 Å². The predicted molar refractivity (Wildman–Crippen MR) is 98.2 cm³/mol. The SMILES string of the molecule is O=C(NCc1ccc(S(=O)(=O)N2CCOCC2)cc1)Nc1ccc(F)cc1F. The average Bonchev–Trinajstić information content (AvgIpc) is 2.69. The van der Waals surface area contributed by atoms with Crippen molar-refractivity contribution in [2.24, 2.45) is 0 Å². The molecule has 10 heteroatoms. The van der Waals surface area contributed by atoms with Gasteiger partial charge in [-0.05, 0) is 29.8 Å². The normalized spacial score (nSPS) is 15.2. The number of halogens is 2. The van der Waals surface area contributed by atoms with E-state index >= 15 is 0 Å². The summed E-state index contributed by atoms with van der Waals surface area (Å²) in [5.41, 5.74) is 0.515. The number of benzene rings is 2. The molecule has 150 valence electrons. The molecule has 2 N–H and O–H groups in total. The number of carbonyl (C=O) groups is 1. The molecule has 0 saturated carbocycles. The topological polar surface area (TPSA) is 87.7 Å². The van der Waals surface area contributed by atoms with Gasteiger partial charge in [-0.2, -0.15) is 4.31 Å². The minimum atomic E-state index is -3.58. The van der Waals surface area contributed by atoms with Crippen molar-refractivity contribution in [3.63, 3.8) is 0 Å². The number of ether oxygens (including phenoxy) is 1. The van der Waals surface area contributed by atoms with Gasteiger partial charge in [0.15, 0.2) is 0 Å². The van der Waals surface area contributed by atoms with Gasteiger partial charge in [0.25, 0.3) is 0 Å². The van der Waals surface area contributed by atoms with E-state index < -0.39 is 27.7 Å². The van der Waals surface area contributed by atoms with Gasteiger partial charge in [-0.3, -0.25) is 0 Å².